The molecule has 1 heterocycles. The normalized spacial score (nSPS) is 11.3. The number of anilines is 1. The molecule has 1 N–H and O–H groups in total. The van der Waals surface area contributed by atoms with E-state index in [0.29, 0.717) is 17.7 Å². The number of likely N-dealkylation sites (N-methyl/N-ethyl adjacent to an activating group) is 1. The molecular formula is C17H16F2N4O2S. The van der Waals surface area contributed by atoms with Crippen LogP contribution in [0, 0.1) is 0 Å². The number of hydrogen-bond acceptors (Lipinski definition) is 6. The number of halogens is 2. The Bertz CT molecular complexity index is 886. The van der Waals surface area contributed by atoms with E-state index >= 15 is 0 Å². The molecule has 1 aromatic heterocycles. The van der Waals surface area contributed by atoms with E-state index in [4.69, 9.17) is 0 Å². The fraction of sp³-hybridized carbons (Fsp3) is 0.235. The Kier molecular flexibility index (Phi) is 5.69. The van der Waals surface area contributed by atoms with Crippen LogP contribution in [0.5, 0.6) is 5.75 Å². The second-order valence-electron chi connectivity index (χ2n) is 5.68. The number of rotatable bonds is 7. The number of aromatic nitrogens is 2. The first-order valence-electron chi connectivity index (χ1n) is 7.74. The highest BCUT2D eigenvalue weighted by atomic mass is 32.1. The molecule has 6 nitrogen and oxygen atoms in total. The molecule has 0 aliphatic heterocycles. The van der Waals surface area contributed by atoms with E-state index in [2.05, 4.69) is 18.8 Å². The Hall–Kier alpha value is -2.65. The molecule has 0 unspecified atom stereocenters. The maximum absolute atomic E-state index is 12.3. The van der Waals surface area contributed by atoms with E-state index in [9.17, 15) is 13.6 Å². The summed E-state index contributed by atoms with van der Waals surface area (Å²) in [5.74, 6) is -0.0697. The molecule has 0 saturated heterocycles. The fourth-order valence-electron chi connectivity index (χ4n) is 2.49. The molecule has 0 aliphatic carbocycles. The van der Waals surface area contributed by atoms with Gasteiger partial charge in [0.2, 0.25) is 5.91 Å². The third-order valence-electron chi connectivity index (χ3n) is 3.57. The minimum absolute atomic E-state index is 0.106. The Morgan fingerprint density at radius 1 is 1.23 bits per heavy atom. The van der Waals surface area contributed by atoms with Gasteiger partial charge in [0.25, 0.3) is 0 Å². The van der Waals surface area contributed by atoms with Crippen molar-refractivity contribution in [1.29, 1.82) is 0 Å². The van der Waals surface area contributed by atoms with Crippen LogP contribution in [0.3, 0.4) is 0 Å². The summed E-state index contributed by atoms with van der Waals surface area (Å²) in [6.45, 7) is -2.18. The van der Waals surface area contributed by atoms with Gasteiger partial charge in [-0.2, -0.15) is 17.5 Å². The zero-order valence-electron chi connectivity index (χ0n) is 13.9. The van der Waals surface area contributed by atoms with Gasteiger partial charge in [-0.3, -0.25) is 9.69 Å². The van der Waals surface area contributed by atoms with Gasteiger partial charge in [-0.05, 0) is 36.9 Å². The van der Waals surface area contributed by atoms with E-state index in [1.165, 1.54) is 12.1 Å². The maximum Gasteiger partial charge on any atom is 0.387 e. The molecule has 3 rings (SSSR count). The lowest BCUT2D eigenvalue weighted by Gasteiger charge is -2.16. The van der Waals surface area contributed by atoms with E-state index in [0.717, 1.165) is 22.8 Å². The number of carbonyl (C=O) groups excluding carboxylic acids is 1. The van der Waals surface area contributed by atoms with Crippen LogP contribution in [0.1, 0.15) is 5.56 Å². The van der Waals surface area contributed by atoms with Crippen molar-refractivity contribution in [1.82, 2.24) is 13.6 Å². The number of hydrogen-bond donors (Lipinski definition) is 1. The van der Waals surface area contributed by atoms with Crippen molar-refractivity contribution in [3.05, 3.63) is 48.0 Å². The van der Waals surface area contributed by atoms with E-state index in [1.54, 1.807) is 25.2 Å². The lowest BCUT2D eigenvalue weighted by molar-refractivity contribution is -0.117. The molecule has 136 valence electrons. The third kappa shape index (κ3) is 4.70. The average molecular weight is 378 g/mol. The predicted molar refractivity (Wildman–Crippen MR) is 95.5 cm³/mol. The van der Waals surface area contributed by atoms with Crippen molar-refractivity contribution in [2.75, 3.05) is 18.9 Å². The summed E-state index contributed by atoms with van der Waals surface area (Å²) >= 11 is 1.10. The summed E-state index contributed by atoms with van der Waals surface area (Å²) in [7, 11) is 1.80. The Labute approximate surface area is 152 Å². The highest BCUT2D eigenvalue weighted by Gasteiger charge is 2.11. The predicted octanol–water partition coefficient (Wildman–Crippen LogP) is 3.36. The largest absolute Gasteiger partial charge is 0.435 e. The van der Waals surface area contributed by atoms with Crippen molar-refractivity contribution in [3.63, 3.8) is 0 Å². The minimum Gasteiger partial charge on any atom is -0.435 e. The first-order valence-corrected chi connectivity index (χ1v) is 8.48. The van der Waals surface area contributed by atoms with Crippen LogP contribution in [0.25, 0.3) is 11.0 Å². The molecule has 0 bridgehead atoms. The Morgan fingerprint density at radius 2 is 2.00 bits per heavy atom. The Balaban J connectivity index is 1.55. The number of ether oxygens (including phenoxy) is 1. The number of benzene rings is 2. The van der Waals surface area contributed by atoms with Gasteiger partial charge in [-0.25, -0.2) is 0 Å². The monoisotopic (exact) mass is 378 g/mol. The average Bonchev–Trinajstić information content (AvgIpc) is 3.06. The van der Waals surface area contributed by atoms with E-state index < -0.39 is 6.61 Å². The molecule has 0 radical (unpaired) electrons. The molecule has 0 spiro atoms. The molecule has 2 aromatic carbocycles. The molecule has 0 aliphatic rings. The lowest BCUT2D eigenvalue weighted by atomic mass is 10.2. The number of fused-ring (bicyclic) bond motifs is 1. The minimum atomic E-state index is -2.84. The zero-order chi connectivity index (χ0) is 18.5. The van der Waals surface area contributed by atoms with Crippen LogP contribution >= 0.6 is 11.7 Å². The molecule has 0 fully saturated rings. The number of amides is 1. The molecular weight excluding hydrogens is 362 g/mol. The fourth-order valence-corrected chi connectivity index (χ4v) is 3.04. The summed E-state index contributed by atoms with van der Waals surface area (Å²) in [5.41, 5.74) is 2.92. The lowest BCUT2D eigenvalue weighted by Crippen LogP contribution is -2.29. The van der Waals surface area contributed by atoms with Crippen LogP contribution in [0.2, 0.25) is 0 Å². The summed E-state index contributed by atoms with van der Waals surface area (Å²) < 4.78 is 36.9. The topological polar surface area (TPSA) is 67.4 Å². The van der Waals surface area contributed by atoms with Crippen molar-refractivity contribution >= 4 is 34.4 Å². The van der Waals surface area contributed by atoms with Crippen LogP contribution in [-0.4, -0.2) is 39.8 Å². The number of nitrogens with one attached hydrogen (secondary N) is 1. The summed E-state index contributed by atoms with van der Waals surface area (Å²) in [6.07, 6.45) is 0. The molecule has 9 heteroatoms. The van der Waals surface area contributed by atoms with Crippen molar-refractivity contribution in [2.45, 2.75) is 13.2 Å². The van der Waals surface area contributed by atoms with Gasteiger partial charge in [-0.1, -0.05) is 18.2 Å². The van der Waals surface area contributed by atoms with Gasteiger partial charge in [0.1, 0.15) is 16.8 Å². The van der Waals surface area contributed by atoms with Gasteiger partial charge in [0, 0.05) is 6.54 Å². The van der Waals surface area contributed by atoms with Crippen LogP contribution in [-0.2, 0) is 11.3 Å². The highest BCUT2D eigenvalue weighted by Crippen LogP contribution is 2.21. The van der Waals surface area contributed by atoms with Gasteiger partial charge in [0.15, 0.2) is 0 Å². The van der Waals surface area contributed by atoms with Crippen molar-refractivity contribution < 1.29 is 18.3 Å². The van der Waals surface area contributed by atoms with E-state index in [1.807, 2.05) is 17.0 Å². The SMILES string of the molecule is CN(CC(=O)Nc1cccc2nsnc12)Cc1ccc(OC(F)F)cc1. The smallest absolute Gasteiger partial charge is 0.387 e. The second kappa shape index (κ2) is 8.15. The number of carbonyl (C=O) groups is 1. The first-order chi connectivity index (χ1) is 12.5. The summed E-state index contributed by atoms with van der Waals surface area (Å²) in [5, 5.41) is 2.84. The summed E-state index contributed by atoms with van der Waals surface area (Å²) in [6, 6.07) is 11.8. The zero-order valence-corrected chi connectivity index (χ0v) is 14.7. The molecule has 0 saturated carbocycles. The van der Waals surface area contributed by atoms with Gasteiger partial charge in [-0.15, -0.1) is 0 Å². The van der Waals surface area contributed by atoms with E-state index in [-0.39, 0.29) is 18.2 Å². The van der Waals surface area contributed by atoms with Crippen molar-refractivity contribution in [3.8, 4) is 5.75 Å². The molecule has 0 atom stereocenters. The molecule has 3 aromatic rings. The van der Waals surface area contributed by atoms with Crippen LogP contribution in [0.4, 0.5) is 14.5 Å². The Morgan fingerprint density at radius 3 is 2.73 bits per heavy atom. The number of nitrogens with zero attached hydrogens (tertiary/aromatic N) is 3. The first kappa shape index (κ1) is 18.2. The summed E-state index contributed by atoms with van der Waals surface area (Å²) in [4.78, 5) is 14.1. The van der Waals surface area contributed by atoms with Crippen LogP contribution in [0.15, 0.2) is 42.5 Å². The molecule has 1 amide bonds. The highest BCUT2D eigenvalue weighted by molar-refractivity contribution is 7.00. The molecule has 26 heavy (non-hydrogen) atoms. The van der Waals surface area contributed by atoms with Crippen molar-refractivity contribution in [2.24, 2.45) is 0 Å². The van der Waals surface area contributed by atoms with Crippen LogP contribution < -0.4 is 10.1 Å². The van der Waals surface area contributed by atoms with Gasteiger partial charge >= 0.3 is 6.61 Å². The maximum atomic E-state index is 12.3. The quantitative estimate of drug-likeness (QED) is 0.683. The standard InChI is InChI=1S/C17H16F2N4O2S/c1-23(9-11-5-7-12(8-6-11)25-17(18)19)10-15(24)20-13-3-2-4-14-16(13)22-26-21-14/h2-8,17H,9-10H2,1H3,(H,20,24). The number of alkyl halides is 2. The van der Waals surface area contributed by atoms with Gasteiger partial charge in [0.05, 0.1) is 24.0 Å². The second-order valence-corrected chi connectivity index (χ2v) is 6.21. The van der Waals surface area contributed by atoms with Gasteiger partial charge < -0.3 is 10.1 Å². The third-order valence-corrected chi connectivity index (χ3v) is 4.12.